The van der Waals surface area contributed by atoms with Crippen LogP contribution in [0.4, 0.5) is 0 Å². The molecule has 2 aromatic rings. The first-order valence-corrected chi connectivity index (χ1v) is 5.94. The minimum atomic E-state index is -0.0202. The van der Waals surface area contributed by atoms with Crippen LogP contribution in [-0.2, 0) is 6.42 Å². The van der Waals surface area contributed by atoms with Gasteiger partial charge in [0.1, 0.15) is 11.5 Å². The average molecular weight is 263 g/mol. The van der Waals surface area contributed by atoms with Crippen LogP contribution in [0.5, 0.6) is 11.5 Å². The predicted octanol–water partition coefficient (Wildman–Crippen LogP) is 1.64. The van der Waals surface area contributed by atoms with Crippen molar-refractivity contribution in [2.24, 2.45) is 5.73 Å². The lowest BCUT2D eigenvalue weighted by Gasteiger charge is -2.05. The minimum Gasteiger partial charge on any atom is -0.497 e. The molecule has 6 heteroatoms. The van der Waals surface area contributed by atoms with Gasteiger partial charge >= 0.3 is 0 Å². The van der Waals surface area contributed by atoms with Gasteiger partial charge in [-0.15, -0.1) is 0 Å². The highest BCUT2D eigenvalue weighted by atomic mass is 16.5. The van der Waals surface area contributed by atoms with E-state index < -0.39 is 0 Å². The van der Waals surface area contributed by atoms with Gasteiger partial charge in [-0.1, -0.05) is 5.16 Å². The Kier molecular flexibility index (Phi) is 4.01. The quantitative estimate of drug-likeness (QED) is 0.883. The first-order chi connectivity index (χ1) is 9.12. The number of nitrogens with two attached hydrogens (primary N) is 1. The Labute approximate surface area is 111 Å². The number of benzene rings is 1. The molecule has 19 heavy (non-hydrogen) atoms. The van der Waals surface area contributed by atoms with Gasteiger partial charge in [0.2, 0.25) is 11.7 Å². The molecular weight excluding hydrogens is 246 g/mol. The van der Waals surface area contributed by atoms with Gasteiger partial charge in [0, 0.05) is 24.1 Å². The Morgan fingerprint density at radius 3 is 2.37 bits per heavy atom. The summed E-state index contributed by atoms with van der Waals surface area (Å²) < 4.78 is 15.6. The van der Waals surface area contributed by atoms with Crippen molar-refractivity contribution in [3.8, 4) is 22.9 Å². The second-order valence-electron chi connectivity index (χ2n) is 4.29. The number of hydrogen-bond donors (Lipinski definition) is 1. The molecule has 0 aliphatic rings. The maximum absolute atomic E-state index is 5.70. The van der Waals surface area contributed by atoms with Crippen molar-refractivity contribution in [1.82, 2.24) is 10.1 Å². The van der Waals surface area contributed by atoms with Gasteiger partial charge in [0.15, 0.2) is 0 Å². The molecule has 0 spiro atoms. The van der Waals surface area contributed by atoms with E-state index >= 15 is 0 Å². The zero-order valence-electron chi connectivity index (χ0n) is 11.2. The van der Waals surface area contributed by atoms with Gasteiger partial charge in [-0.3, -0.25) is 0 Å². The van der Waals surface area contributed by atoms with Crippen LogP contribution in [0.15, 0.2) is 22.7 Å². The number of methoxy groups -OCH3 is 2. The largest absolute Gasteiger partial charge is 0.497 e. The summed E-state index contributed by atoms with van der Waals surface area (Å²) in [5, 5.41) is 3.94. The molecule has 0 amide bonds. The van der Waals surface area contributed by atoms with Gasteiger partial charge < -0.3 is 19.7 Å². The average Bonchev–Trinajstić information content (AvgIpc) is 2.85. The van der Waals surface area contributed by atoms with E-state index in [1.807, 2.05) is 19.1 Å². The third-order valence-electron chi connectivity index (χ3n) is 2.57. The number of ether oxygens (including phenoxy) is 2. The van der Waals surface area contributed by atoms with Crippen molar-refractivity contribution in [2.45, 2.75) is 19.4 Å². The molecule has 0 aliphatic heterocycles. The topological polar surface area (TPSA) is 83.4 Å². The van der Waals surface area contributed by atoms with Crippen molar-refractivity contribution in [2.75, 3.05) is 14.2 Å². The summed E-state index contributed by atoms with van der Waals surface area (Å²) in [6.07, 6.45) is 0.550. The van der Waals surface area contributed by atoms with Crippen molar-refractivity contribution in [3.63, 3.8) is 0 Å². The molecule has 0 bridgehead atoms. The fourth-order valence-corrected chi connectivity index (χ4v) is 1.67. The highest BCUT2D eigenvalue weighted by molar-refractivity contribution is 5.60. The van der Waals surface area contributed by atoms with Gasteiger partial charge in [0.25, 0.3) is 0 Å². The first-order valence-electron chi connectivity index (χ1n) is 5.94. The van der Waals surface area contributed by atoms with E-state index in [1.54, 1.807) is 20.3 Å². The highest BCUT2D eigenvalue weighted by Crippen LogP contribution is 2.28. The molecule has 1 aromatic heterocycles. The molecule has 0 fully saturated rings. The van der Waals surface area contributed by atoms with E-state index in [-0.39, 0.29) is 6.04 Å². The molecule has 0 saturated heterocycles. The third kappa shape index (κ3) is 3.23. The Morgan fingerprint density at radius 1 is 1.21 bits per heavy atom. The maximum atomic E-state index is 5.70. The van der Waals surface area contributed by atoms with Crippen LogP contribution in [0.3, 0.4) is 0 Å². The summed E-state index contributed by atoms with van der Waals surface area (Å²) >= 11 is 0. The second-order valence-corrected chi connectivity index (χ2v) is 4.29. The van der Waals surface area contributed by atoms with Crippen LogP contribution in [0, 0.1) is 0 Å². The van der Waals surface area contributed by atoms with Crippen LogP contribution in [-0.4, -0.2) is 30.4 Å². The van der Waals surface area contributed by atoms with Crippen LogP contribution >= 0.6 is 0 Å². The molecule has 1 aromatic carbocycles. The summed E-state index contributed by atoms with van der Waals surface area (Å²) in [7, 11) is 3.19. The fraction of sp³-hybridized carbons (Fsp3) is 0.385. The minimum absolute atomic E-state index is 0.0202. The molecule has 1 unspecified atom stereocenters. The number of nitrogens with zero attached hydrogens (tertiary/aromatic N) is 2. The smallest absolute Gasteiger partial charge is 0.228 e. The SMILES string of the molecule is COc1cc(OC)cc(-c2noc(CC(C)N)n2)c1. The van der Waals surface area contributed by atoms with Crippen molar-refractivity contribution in [3.05, 3.63) is 24.1 Å². The highest BCUT2D eigenvalue weighted by Gasteiger charge is 2.12. The van der Waals surface area contributed by atoms with E-state index in [1.165, 1.54) is 0 Å². The Balaban J connectivity index is 2.32. The van der Waals surface area contributed by atoms with Crippen molar-refractivity contribution < 1.29 is 14.0 Å². The van der Waals surface area contributed by atoms with Crippen LogP contribution < -0.4 is 15.2 Å². The molecule has 0 saturated carbocycles. The summed E-state index contributed by atoms with van der Waals surface area (Å²) in [5.41, 5.74) is 6.47. The number of rotatable bonds is 5. The summed E-state index contributed by atoms with van der Waals surface area (Å²) in [6, 6.07) is 5.41. The lowest BCUT2D eigenvalue weighted by Crippen LogP contribution is -2.17. The van der Waals surface area contributed by atoms with Gasteiger partial charge in [-0.05, 0) is 19.1 Å². The fourth-order valence-electron chi connectivity index (χ4n) is 1.67. The summed E-state index contributed by atoms with van der Waals surface area (Å²) in [4.78, 5) is 4.30. The Hall–Kier alpha value is -2.08. The normalized spacial score (nSPS) is 12.2. The molecule has 2 rings (SSSR count). The van der Waals surface area contributed by atoms with Crippen molar-refractivity contribution in [1.29, 1.82) is 0 Å². The zero-order valence-corrected chi connectivity index (χ0v) is 11.2. The molecule has 0 radical (unpaired) electrons. The first kappa shape index (κ1) is 13.4. The molecular formula is C13H17N3O3. The molecule has 102 valence electrons. The summed E-state index contributed by atoms with van der Waals surface area (Å²) in [6.45, 7) is 1.89. The van der Waals surface area contributed by atoms with E-state index in [4.69, 9.17) is 19.7 Å². The molecule has 6 nitrogen and oxygen atoms in total. The van der Waals surface area contributed by atoms with Gasteiger partial charge in [0.05, 0.1) is 14.2 Å². The Morgan fingerprint density at radius 2 is 1.84 bits per heavy atom. The van der Waals surface area contributed by atoms with Gasteiger partial charge in [-0.25, -0.2) is 0 Å². The van der Waals surface area contributed by atoms with Gasteiger partial charge in [-0.2, -0.15) is 4.98 Å². The van der Waals surface area contributed by atoms with E-state index in [2.05, 4.69) is 10.1 Å². The second kappa shape index (κ2) is 5.71. The van der Waals surface area contributed by atoms with E-state index in [0.29, 0.717) is 29.6 Å². The lowest BCUT2D eigenvalue weighted by atomic mass is 10.2. The molecule has 0 aliphatic carbocycles. The third-order valence-corrected chi connectivity index (χ3v) is 2.57. The van der Waals surface area contributed by atoms with Crippen LogP contribution in [0.1, 0.15) is 12.8 Å². The molecule has 1 atom stereocenters. The monoisotopic (exact) mass is 263 g/mol. The molecule has 1 heterocycles. The Bertz CT molecular complexity index is 530. The van der Waals surface area contributed by atoms with Crippen LogP contribution in [0.2, 0.25) is 0 Å². The van der Waals surface area contributed by atoms with E-state index in [9.17, 15) is 0 Å². The predicted molar refractivity (Wildman–Crippen MR) is 70.2 cm³/mol. The lowest BCUT2D eigenvalue weighted by molar-refractivity contribution is 0.371. The van der Waals surface area contributed by atoms with Crippen molar-refractivity contribution >= 4 is 0 Å². The van der Waals surface area contributed by atoms with E-state index in [0.717, 1.165) is 5.56 Å². The summed E-state index contributed by atoms with van der Waals surface area (Å²) in [5.74, 6) is 2.36. The maximum Gasteiger partial charge on any atom is 0.228 e. The number of hydrogen-bond acceptors (Lipinski definition) is 6. The molecule has 2 N–H and O–H groups in total. The standard InChI is InChI=1S/C13H17N3O3/c1-8(14)4-12-15-13(16-19-12)9-5-10(17-2)7-11(6-9)18-3/h5-8H,4,14H2,1-3H3. The number of aromatic nitrogens is 2. The van der Waals surface area contributed by atoms with Crippen LogP contribution in [0.25, 0.3) is 11.4 Å². The zero-order chi connectivity index (χ0) is 13.8.